The molecular formula is C24H26N4O2. The van der Waals surface area contributed by atoms with Crippen LogP contribution in [0.3, 0.4) is 0 Å². The van der Waals surface area contributed by atoms with Crippen molar-refractivity contribution < 1.29 is 9.59 Å². The third-order valence-corrected chi connectivity index (χ3v) is 5.38. The largest absolute Gasteiger partial charge is 0.345 e. The minimum atomic E-state index is -0.164. The second-order valence-corrected chi connectivity index (χ2v) is 7.98. The number of aryl methyl sites for hydroxylation is 2. The van der Waals surface area contributed by atoms with Gasteiger partial charge in [-0.1, -0.05) is 12.1 Å². The van der Waals surface area contributed by atoms with Gasteiger partial charge in [-0.15, -0.1) is 0 Å². The fraction of sp³-hybridized carbons (Fsp3) is 0.292. The van der Waals surface area contributed by atoms with Gasteiger partial charge in [0, 0.05) is 29.4 Å². The van der Waals surface area contributed by atoms with Crippen LogP contribution in [0.25, 0.3) is 5.69 Å². The molecule has 0 unspecified atom stereocenters. The van der Waals surface area contributed by atoms with Crippen molar-refractivity contribution in [1.82, 2.24) is 15.1 Å². The van der Waals surface area contributed by atoms with Gasteiger partial charge in [0.15, 0.2) is 0 Å². The fourth-order valence-corrected chi connectivity index (χ4v) is 4.19. The molecule has 1 heterocycles. The molecular weight excluding hydrogens is 376 g/mol. The van der Waals surface area contributed by atoms with Crippen LogP contribution in [0.2, 0.25) is 0 Å². The summed E-state index contributed by atoms with van der Waals surface area (Å²) in [5, 5.41) is 10.5. The maximum atomic E-state index is 12.9. The van der Waals surface area contributed by atoms with Crippen LogP contribution >= 0.6 is 0 Å². The van der Waals surface area contributed by atoms with E-state index in [-0.39, 0.29) is 17.9 Å². The Bertz CT molecular complexity index is 1100. The van der Waals surface area contributed by atoms with Gasteiger partial charge < -0.3 is 10.6 Å². The molecule has 0 saturated heterocycles. The van der Waals surface area contributed by atoms with E-state index in [1.165, 1.54) is 18.1 Å². The second kappa shape index (κ2) is 8.14. The third-order valence-electron chi connectivity index (χ3n) is 5.38. The van der Waals surface area contributed by atoms with Gasteiger partial charge in [0.25, 0.3) is 5.91 Å². The smallest absolute Gasteiger partial charge is 0.251 e. The molecule has 2 amide bonds. The van der Waals surface area contributed by atoms with E-state index in [9.17, 15) is 9.59 Å². The molecule has 0 bridgehead atoms. The van der Waals surface area contributed by atoms with E-state index in [0.29, 0.717) is 11.3 Å². The summed E-state index contributed by atoms with van der Waals surface area (Å²) in [6, 6.07) is 13.3. The number of hydrogen-bond donors (Lipinski definition) is 2. The highest BCUT2D eigenvalue weighted by Crippen LogP contribution is 2.31. The lowest BCUT2D eigenvalue weighted by Crippen LogP contribution is -2.31. The molecule has 6 nitrogen and oxygen atoms in total. The number of fused-ring (bicyclic) bond motifs is 1. The summed E-state index contributed by atoms with van der Waals surface area (Å²) in [7, 11) is 0. The van der Waals surface area contributed by atoms with Crippen LogP contribution in [-0.4, -0.2) is 21.6 Å². The Morgan fingerprint density at radius 1 is 1.10 bits per heavy atom. The molecule has 6 heteroatoms. The SMILES string of the molecule is CC(=O)Nc1cccc(C(=O)N[C@@H]2CCCc3c2cnn3-c2cc(C)cc(C)c2)c1. The van der Waals surface area contributed by atoms with Crippen LogP contribution in [-0.2, 0) is 11.2 Å². The van der Waals surface area contributed by atoms with Gasteiger partial charge in [0.1, 0.15) is 0 Å². The van der Waals surface area contributed by atoms with E-state index >= 15 is 0 Å². The monoisotopic (exact) mass is 402 g/mol. The summed E-state index contributed by atoms with van der Waals surface area (Å²) >= 11 is 0. The molecule has 0 fully saturated rings. The molecule has 0 saturated carbocycles. The number of amides is 2. The molecule has 1 atom stereocenters. The van der Waals surface area contributed by atoms with Gasteiger partial charge in [-0.3, -0.25) is 9.59 Å². The van der Waals surface area contributed by atoms with Crippen LogP contribution in [0.5, 0.6) is 0 Å². The number of nitrogens with zero attached hydrogens (tertiary/aromatic N) is 2. The van der Waals surface area contributed by atoms with E-state index in [1.54, 1.807) is 24.3 Å². The summed E-state index contributed by atoms with van der Waals surface area (Å²) in [4.78, 5) is 24.2. The molecule has 2 N–H and O–H groups in total. The summed E-state index contributed by atoms with van der Waals surface area (Å²) in [6.07, 6.45) is 4.68. The molecule has 0 aliphatic heterocycles. The zero-order valence-electron chi connectivity index (χ0n) is 17.5. The average molecular weight is 402 g/mol. The van der Waals surface area contributed by atoms with Gasteiger partial charge in [0.05, 0.1) is 17.9 Å². The van der Waals surface area contributed by atoms with Gasteiger partial charge in [-0.2, -0.15) is 5.10 Å². The molecule has 1 aliphatic carbocycles. The highest BCUT2D eigenvalue weighted by Gasteiger charge is 2.26. The highest BCUT2D eigenvalue weighted by atomic mass is 16.2. The molecule has 3 aromatic rings. The third kappa shape index (κ3) is 4.13. The van der Waals surface area contributed by atoms with Gasteiger partial charge in [-0.05, 0) is 74.6 Å². The fourth-order valence-electron chi connectivity index (χ4n) is 4.19. The normalized spacial score (nSPS) is 15.4. The lowest BCUT2D eigenvalue weighted by Gasteiger charge is -2.24. The molecule has 1 aliphatic rings. The van der Waals surface area contributed by atoms with Crippen molar-refractivity contribution in [3.63, 3.8) is 0 Å². The van der Waals surface area contributed by atoms with Crippen LogP contribution in [0, 0.1) is 13.8 Å². The van der Waals surface area contributed by atoms with Crippen molar-refractivity contribution in [1.29, 1.82) is 0 Å². The summed E-state index contributed by atoms with van der Waals surface area (Å²) in [5.41, 5.74) is 6.83. The van der Waals surface area contributed by atoms with Crippen molar-refractivity contribution in [3.8, 4) is 5.69 Å². The predicted molar refractivity (Wildman–Crippen MR) is 117 cm³/mol. The molecule has 4 rings (SSSR count). The van der Waals surface area contributed by atoms with Gasteiger partial charge >= 0.3 is 0 Å². The summed E-state index contributed by atoms with van der Waals surface area (Å²) in [6.45, 7) is 5.62. The molecule has 0 spiro atoms. The van der Waals surface area contributed by atoms with Gasteiger partial charge in [-0.25, -0.2) is 4.68 Å². The van der Waals surface area contributed by atoms with E-state index in [0.717, 1.165) is 36.2 Å². The summed E-state index contributed by atoms with van der Waals surface area (Å²) < 4.78 is 2.01. The van der Waals surface area contributed by atoms with Crippen molar-refractivity contribution in [2.24, 2.45) is 0 Å². The molecule has 154 valence electrons. The van der Waals surface area contributed by atoms with E-state index < -0.39 is 0 Å². The number of rotatable bonds is 4. The van der Waals surface area contributed by atoms with Crippen molar-refractivity contribution >= 4 is 17.5 Å². The quantitative estimate of drug-likeness (QED) is 0.685. The minimum Gasteiger partial charge on any atom is -0.345 e. The molecule has 2 aromatic carbocycles. The molecule has 30 heavy (non-hydrogen) atoms. The zero-order valence-corrected chi connectivity index (χ0v) is 17.5. The van der Waals surface area contributed by atoms with Crippen molar-refractivity contribution in [3.05, 3.63) is 76.6 Å². The minimum absolute atomic E-state index is 0.0784. The van der Waals surface area contributed by atoms with Crippen LogP contribution < -0.4 is 10.6 Å². The van der Waals surface area contributed by atoms with Crippen molar-refractivity contribution in [2.75, 3.05) is 5.32 Å². The zero-order chi connectivity index (χ0) is 21.3. The first-order chi connectivity index (χ1) is 14.4. The Balaban J connectivity index is 1.58. The number of hydrogen-bond acceptors (Lipinski definition) is 3. The van der Waals surface area contributed by atoms with Crippen LogP contribution in [0.1, 0.15) is 58.5 Å². The Kier molecular flexibility index (Phi) is 5.40. The second-order valence-electron chi connectivity index (χ2n) is 7.98. The lowest BCUT2D eigenvalue weighted by atomic mass is 9.92. The number of benzene rings is 2. The molecule has 0 radical (unpaired) electrons. The van der Waals surface area contributed by atoms with Crippen molar-refractivity contribution in [2.45, 2.75) is 46.1 Å². The van der Waals surface area contributed by atoms with E-state index in [2.05, 4.69) is 47.8 Å². The molecule has 1 aromatic heterocycles. The Morgan fingerprint density at radius 3 is 2.60 bits per heavy atom. The standard InChI is InChI=1S/C24H26N4O2/c1-15-10-16(2)12-20(11-15)28-23-9-5-8-22(21(23)14-25-28)27-24(30)18-6-4-7-19(13-18)26-17(3)29/h4,6-7,10-14,22H,5,8-9H2,1-3H3,(H,26,29)(H,27,30)/t22-/m1/s1. The maximum Gasteiger partial charge on any atom is 0.251 e. The Hall–Kier alpha value is -3.41. The first kappa shape index (κ1) is 19.9. The van der Waals surface area contributed by atoms with E-state index in [4.69, 9.17) is 0 Å². The number of nitrogens with one attached hydrogen (secondary N) is 2. The number of anilines is 1. The van der Waals surface area contributed by atoms with Crippen LogP contribution in [0.4, 0.5) is 5.69 Å². The topological polar surface area (TPSA) is 76.0 Å². The number of aromatic nitrogens is 2. The number of carbonyl (C=O) groups excluding carboxylic acids is 2. The first-order valence-corrected chi connectivity index (χ1v) is 10.2. The first-order valence-electron chi connectivity index (χ1n) is 10.2. The Morgan fingerprint density at radius 2 is 1.87 bits per heavy atom. The maximum absolute atomic E-state index is 12.9. The average Bonchev–Trinajstić information content (AvgIpc) is 3.12. The summed E-state index contributed by atoms with van der Waals surface area (Å²) in [5.74, 6) is -0.317. The van der Waals surface area contributed by atoms with Gasteiger partial charge in [0.2, 0.25) is 5.91 Å². The van der Waals surface area contributed by atoms with Crippen LogP contribution in [0.15, 0.2) is 48.7 Å². The highest BCUT2D eigenvalue weighted by molar-refractivity contribution is 5.97. The predicted octanol–water partition coefficient (Wildman–Crippen LogP) is 4.25. The van der Waals surface area contributed by atoms with E-state index in [1.807, 2.05) is 10.9 Å². The number of carbonyl (C=O) groups is 2. The Labute approximate surface area is 176 Å². The lowest BCUT2D eigenvalue weighted by molar-refractivity contribution is -0.114.